The van der Waals surface area contributed by atoms with E-state index in [2.05, 4.69) is 4.98 Å². The number of hydrogen-bond acceptors (Lipinski definition) is 7. The zero-order chi connectivity index (χ0) is 24.0. The van der Waals surface area contributed by atoms with Crippen LogP contribution in [0.25, 0.3) is 0 Å². The van der Waals surface area contributed by atoms with Crippen LogP contribution < -0.4 is 4.72 Å². The first-order valence-corrected chi connectivity index (χ1v) is 11.5. The van der Waals surface area contributed by atoms with Crippen molar-refractivity contribution in [3.05, 3.63) is 101 Å². The molecular formula is C23H21FN2O6S. The van der Waals surface area contributed by atoms with Gasteiger partial charge in [0.05, 0.1) is 28.7 Å². The van der Waals surface area contributed by atoms with Crippen molar-refractivity contribution in [2.24, 2.45) is 0 Å². The van der Waals surface area contributed by atoms with Crippen LogP contribution >= 0.6 is 0 Å². The highest BCUT2D eigenvalue weighted by molar-refractivity contribution is 7.90. The number of hydrogen-bond donors (Lipinski definition) is 2. The van der Waals surface area contributed by atoms with E-state index < -0.39 is 39.6 Å². The molecule has 172 valence electrons. The summed E-state index contributed by atoms with van der Waals surface area (Å²) >= 11 is 0. The Balaban J connectivity index is 1.57. The molecule has 0 aliphatic carbocycles. The minimum absolute atomic E-state index is 0.0483. The minimum Gasteiger partial charge on any atom is -0.456 e. The van der Waals surface area contributed by atoms with Crippen LogP contribution in [-0.2, 0) is 21.4 Å². The van der Waals surface area contributed by atoms with Crippen LogP contribution in [0.1, 0.15) is 43.6 Å². The van der Waals surface area contributed by atoms with Crippen LogP contribution in [0.15, 0.2) is 66.9 Å². The smallest absolute Gasteiger partial charge is 0.338 e. The summed E-state index contributed by atoms with van der Waals surface area (Å²) in [6.07, 6.45) is -0.375. The lowest BCUT2D eigenvalue weighted by Gasteiger charge is -2.12. The first-order chi connectivity index (χ1) is 15.6. The molecule has 0 spiro atoms. The molecule has 1 unspecified atom stereocenters. The highest BCUT2D eigenvalue weighted by Crippen LogP contribution is 2.16. The van der Waals surface area contributed by atoms with E-state index in [0.717, 1.165) is 23.9 Å². The molecule has 8 nitrogen and oxygen atoms in total. The van der Waals surface area contributed by atoms with E-state index in [9.17, 15) is 27.5 Å². The molecule has 1 atom stereocenters. The molecule has 0 fully saturated rings. The average Bonchev–Trinajstić information content (AvgIpc) is 2.77. The lowest BCUT2D eigenvalue weighted by atomic mass is 10.1. The van der Waals surface area contributed by atoms with Crippen molar-refractivity contribution in [1.29, 1.82) is 0 Å². The summed E-state index contributed by atoms with van der Waals surface area (Å²) in [6, 6.07) is 14.6. The van der Waals surface area contributed by atoms with Gasteiger partial charge in [-0.15, -0.1) is 0 Å². The van der Waals surface area contributed by atoms with Crippen molar-refractivity contribution in [2.45, 2.75) is 19.6 Å². The third-order valence-electron chi connectivity index (χ3n) is 4.66. The van der Waals surface area contributed by atoms with Crippen molar-refractivity contribution in [3.8, 4) is 0 Å². The van der Waals surface area contributed by atoms with Gasteiger partial charge in [0.15, 0.2) is 0 Å². The number of carbonyl (C=O) groups is 2. The van der Waals surface area contributed by atoms with Gasteiger partial charge in [-0.1, -0.05) is 30.3 Å². The third-order valence-corrected chi connectivity index (χ3v) is 5.91. The van der Waals surface area contributed by atoms with Gasteiger partial charge in [-0.3, -0.25) is 9.78 Å². The van der Waals surface area contributed by atoms with Gasteiger partial charge in [-0.25, -0.2) is 22.3 Å². The van der Waals surface area contributed by atoms with Gasteiger partial charge in [-0.05, 0) is 48.4 Å². The fraction of sp³-hybridized carbons (Fsp3) is 0.174. The topological polar surface area (TPSA) is 123 Å². The first-order valence-electron chi connectivity index (χ1n) is 9.80. The molecule has 0 bridgehead atoms. The summed E-state index contributed by atoms with van der Waals surface area (Å²) in [4.78, 5) is 28.4. The van der Waals surface area contributed by atoms with E-state index in [4.69, 9.17) is 4.74 Å². The van der Waals surface area contributed by atoms with Crippen molar-refractivity contribution < 1.29 is 32.2 Å². The second-order valence-corrected chi connectivity index (χ2v) is 8.98. The molecule has 0 aliphatic heterocycles. The molecule has 3 rings (SSSR count). The predicted octanol–water partition coefficient (Wildman–Crippen LogP) is 2.68. The Morgan fingerprint density at radius 3 is 2.55 bits per heavy atom. The monoisotopic (exact) mass is 472 g/mol. The Morgan fingerprint density at radius 2 is 1.88 bits per heavy atom. The Labute approximate surface area is 190 Å². The standard InChI is InChI=1S/C23H21FN2O6S/c1-15-5-2-3-8-20(15)23(29)32-13-19-10-9-17(12-25-19)22(28)26-33(30,31)14-21(27)16-6-4-7-18(24)11-16/h2-12,21,27H,13-14H2,1H3,(H,26,28). The van der Waals surface area contributed by atoms with Crippen molar-refractivity contribution in [1.82, 2.24) is 9.71 Å². The quantitative estimate of drug-likeness (QED) is 0.483. The van der Waals surface area contributed by atoms with E-state index in [-0.39, 0.29) is 17.7 Å². The molecule has 10 heteroatoms. The van der Waals surface area contributed by atoms with E-state index >= 15 is 0 Å². The second-order valence-electron chi connectivity index (χ2n) is 7.21. The van der Waals surface area contributed by atoms with E-state index in [1.54, 1.807) is 31.2 Å². The zero-order valence-electron chi connectivity index (χ0n) is 17.6. The zero-order valence-corrected chi connectivity index (χ0v) is 18.4. The summed E-state index contributed by atoms with van der Waals surface area (Å²) < 4.78 is 44.8. The van der Waals surface area contributed by atoms with Gasteiger partial charge >= 0.3 is 5.97 Å². The molecular weight excluding hydrogens is 451 g/mol. The molecule has 1 aromatic heterocycles. The predicted molar refractivity (Wildman–Crippen MR) is 117 cm³/mol. The summed E-state index contributed by atoms with van der Waals surface area (Å²) in [6.45, 7) is 1.65. The number of halogens is 1. The highest BCUT2D eigenvalue weighted by atomic mass is 32.2. The number of aliphatic hydroxyl groups is 1. The number of benzene rings is 2. The Kier molecular flexibility index (Phi) is 7.52. The largest absolute Gasteiger partial charge is 0.456 e. The second kappa shape index (κ2) is 10.3. The number of aromatic nitrogens is 1. The van der Waals surface area contributed by atoms with Gasteiger partial charge < -0.3 is 9.84 Å². The Hall–Kier alpha value is -3.63. The van der Waals surface area contributed by atoms with Crippen LogP contribution in [0, 0.1) is 12.7 Å². The number of nitrogens with one attached hydrogen (secondary N) is 1. The lowest BCUT2D eigenvalue weighted by molar-refractivity contribution is 0.0466. The average molecular weight is 472 g/mol. The molecule has 1 amide bonds. The van der Waals surface area contributed by atoms with E-state index in [1.165, 1.54) is 24.3 Å². The molecule has 0 aliphatic rings. The molecule has 1 heterocycles. The molecule has 33 heavy (non-hydrogen) atoms. The number of ether oxygens (including phenoxy) is 1. The maximum absolute atomic E-state index is 13.3. The van der Waals surface area contributed by atoms with Gasteiger partial charge in [0.25, 0.3) is 5.91 Å². The summed E-state index contributed by atoms with van der Waals surface area (Å²) in [5.41, 5.74) is 1.58. The number of rotatable bonds is 8. The number of esters is 1. The van der Waals surface area contributed by atoms with Gasteiger partial charge in [0.1, 0.15) is 12.4 Å². The molecule has 3 aromatic rings. The van der Waals surface area contributed by atoms with Gasteiger partial charge in [-0.2, -0.15) is 0 Å². The van der Waals surface area contributed by atoms with E-state index in [1.807, 2.05) is 4.72 Å². The van der Waals surface area contributed by atoms with Crippen LogP contribution in [0.3, 0.4) is 0 Å². The van der Waals surface area contributed by atoms with Crippen molar-refractivity contribution >= 4 is 21.9 Å². The summed E-state index contributed by atoms with van der Waals surface area (Å²) in [5, 5.41) is 10.1. The number of pyridine rings is 1. The lowest BCUT2D eigenvalue weighted by Crippen LogP contribution is -2.34. The minimum atomic E-state index is -4.22. The number of nitrogens with zero attached hydrogens (tertiary/aromatic N) is 1. The maximum Gasteiger partial charge on any atom is 0.338 e. The van der Waals surface area contributed by atoms with Crippen LogP contribution in [-0.4, -0.2) is 36.1 Å². The van der Waals surface area contributed by atoms with Gasteiger partial charge in [0, 0.05) is 6.20 Å². The Bertz CT molecular complexity index is 1260. The maximum atomic E-state index is 13.3. The number of aliphatic hydroxyl groups excluding tert-OH is 1. The number of carbonyl (C=O) groups excluding carboxylic acids is 2. The SMILES string of the molecule is Cc1ccccc1C(=O)OCc1ccc(C(=O)NS(=O)(=O)CC(O)c2cccc(F)c2)cn1. The summed E-state index contributed by atoms with van der Waals surface area (Å²) in [7, 11) is -4.22. The van der Waals surface area contributed by atoms with Crippen LogP contribution in [0.2, 0.25) is 0 Å². The molecule has 2 N–H and O–H groups in total. The molecule has 0 radical (unpaired) electrons. The number of sulfonamides is 1. The van der Waals surface area contributed by atoms with Crippen molar-refractivity contribution in [2.75, 3.05) is 5.75 Å². The summed E-state index contributed by atoms with van der Waals surface area (Å²) in [5.74, 6) is -2.91. The van der Waals surface area contributed by atoms with E-state index in [0.29, 0.717) is 11.3 Å². The Morgan fingerprint density at radius 1 is 1.12 bits per heavy atom. The number of aryl methyl sites for hydroxylation is 1. The number of amides is 1. The first kappa shape index (κ1) is 24.0. The molecule has 0 saturated carbocycles. The van der Waals surface area contributed by atoms with Crippen molar-refractivity contribution in [3.63, 3.8) is 0 Å². The highest BCUT2D eigenvalue weighted by Gasteiger charge is 2.22. The fourth-order valence-corrected chi connectivity index (χ4v) is 4.01. The third kappa shape index (κ3) is 6.67. The molecule has 0 saturated heterocycles. The van der Waals surface area contributed by atoms with Crippen LogP contribution in [0.4, 0.5) is 4.39 Å². The fourth-order valence-electron chi connectivity index (χ4n) is 2.92. The normalized spacial score (nSPS) is 12.1. The van der Waals surface area contributed by atoms with Crippen LogP contribution in [0.5, 0.6) is 0 Å². The molecule has 2 aromatic carbocycles. The van der Waals surface area contributed by atoms with Gasteiger partial charge in [0.2, 0.25) is 10.0 Å².